The molecule has 0 amide bonds. The maximum absolute atomic E-state index is 14.5. The Labute approximate surface area is 201 Å². The van der Waals surface area contributed by atoms with Gasteiger partial charge in [0.25, 0.3) is 0 Å². The van der Waals surface area contributed by atoms with Gasteiger partial charge in [0, 0.05) is 29.8 Å². The number of halogens is 1. The third-order valence-corrected chi connectivity index (χ3v) is 7.49. The lowest BCUT2D eigenvalue weighted by atomic mass is 9.70. The average Bonchev–Trinajstić information content (AvgIpc) is 3.51. The molecule has 1 aliphatic rings. The normalized spacial score (nSPS) is 20.3. The molecule has 0 aliphatic heterocycles. The molecule has 3 heterocycles. The largest absolute Gasteiger partial charge is 0.487 e. The van der Waals surface area contributed by atoms with E-state index in [0.29, 0.717) is 11.3 Å². The van der Waals surface area contributed by atoms with E-state index < -0.39 is 0 Å². The Bertz CT molecular complexity index is 1250. The molecule has 9 heteroatoms. The molecule has 0 spiro atoms. The van der Waals surface area contributed by atoms with Crippen molar-refractivity contribution >= 4 is 23.0 Å². The van der Waals surface area contributed by atoms with Crippen LogP contribution in [-0.2, 0) is 11.8 Å². The lowest BCUT2D eigenvalue weighted by Crippen LogP contribution is -2.38. The standard InChI is InChI=1S/C25H27FN6OS/c1-16-5-3-7-20(23(16)26)33-19-9-12-25(13-10-19,24-32-30-17(2)34-24)15-18-6-4-8-21(28-18)29-22-11-14-27-31-22/h3-8,11,14,19H,9-10,12-13,15H2,1-2H3,(H2,27,28,29,31)/t19-,25-. The van der Waals surface area contributed by atoms with Crippen LogP contribution in [0.2, 0.25) is 0 Å². The van der Waals surface area contributed by atoms with Crippen molar-refractivity contribution in [2.24, 2.45) is 0 Å². The molecule has 0 bridgehead atoms. The van der Waals surface area contributed by atoms with E-state index in [4.69, 9.17) is 9.72 Å². The van der Waals surface area contributed by atoms with Crippen molar-refractivity contribution in [3.8, 4) is 5.75 Å². The number of benzene rings is 1. The number of pyridine rings is 1. The number of anilines is 2. The first-order valence-corrected chi connectivity index (χ1v) is 12.3. The highest BCUT2D eigenvalue weighted by atomic mass is 32.1. The molecule has 0 saturated heterocycles. The second kappa shape index (κ2) is 9.50. The highest BCUT2D eigenvalue weighted by Gasteiger charge is 2.41. The van der Waals surface area contributed by atoms with Gasteiger partial charge >= 0.3 is 0 Å². The summed E-state index contributed by atoms with van der Waals surface area (Å²) >= 11 is 1.65. The van der Waals surface area contributed by atoms with Crippen LogP contribution in [0.25, 0.3) is 0 Å². The summed E-state index contributed by atoms with van der Waals surface area (Å²) in [5, 5.41) is 21.0. The van der Waals surface area contributed by atoms with Gasteiger partial charge in [-0.25, -0.2) is 9.37 Å². The first-order chi connectivity index (χ1) is 16.5. The van der Waals surface area contributed by atoms with Crippen LogP contribution in [0.1, 0.15) is 47.0 Å². The number of aromatic amines is 1. The van der Waals surface area contributed by atoms with E-state index in [1.165, 1.54) is 0 Å². The smallest absolute Gasteiger partial charge is 0.167 e. The van der Waals surface area contributed by atoms with Gasteiger partial charge in [-0.2, -0.15) is 5.10 Å². The second-order valence-electron chi connectivity index (χ2n) is 8.89. The Balaban J connectivity index is 1.35. The minimum Gasteiger partial charge on any atom is -0.487 e. The second-order valence-corrected chi connectivity index (χ2v) is 10.1. The predicted octanol–water partition coefficient (Wildman–Crippen LogP) is 5.66. The Morgan fingerprint density at radius 1 is 1.09 bits per heavy atom. The lowest BCUT2D eigenvalue weighted by molar-refractivity contribution is 0.110. The lowest BCUT2D eigenvalue weighted by Gasteiger charge is -2.38. The summed E-state index contributed by atoms with van der Waals surface area (Å²) in [5.74, 6) is 1.54. The maximum atomic E-state index is 14.5. The number of aromatic nitrogens is 5. The van der Waals surface area contributed by atoms with Crippen LogP contribution in [-0.4, -0.2) is 31.5 Å². The summed E-state index contributed by atoms with van der Waals surface area (Å²) in [7, 11) is 0. The van der Waals surface area contributed by atoms with Crippen molar-refractivity contribution < 1.29 is 9.13 Å². The molecule has 2 N–H and O–H groups in total. The van der Waals surface area contributed by atoms with Crippen molar-refractivity contribution in [1.82, 2.24) is 25.4 Å². The first-order valence-electron chi connectivity index (χ1n) is 11.5. The van der Waals surface area contributed by atoms with Gasteiger partial charge in [-0.1, -0.05) is 18.2 Å². The third-order valence-electron chi connectivity index (χ3n) is 6.40. The van der Waals surface area contributed by atoms with Crippen LogP contribution < -0.4 is 10.1 Å². The third kappa shape index (κ3) is 4.79. The van der Waals surface area contributed by atoms with E-state index in [1.54, 1.807) is 36.6 Å². The molecule has 1 aliphatic carbocycles. The molecule has 34 heavy (non-hydrogen) atoms. The summed E-state index contributed by atoms with van der Waals surface area (Å²) in [5.41, 5.74) is 1.41. The molecule has 3 aromatic heterocycles. The number of nitrogens with zero attached hydrogens (tertiary/aromatic N) is 4. The monoisotopic (exact) mass is 478 g/mol. The fraction of sp³-hybridized carbons (Fsp3) is 0.360. The molecule has 1 saturated carbocycles. The van der Waals surface area contributed by atoms with Gasteiger partial charge in [-0.3, -0.25) is 5.10 Å². The zero-order valence-corrected chi connectivity index (χ0v) is 20.0. The SMILES string of the molecule is Cc1nnc([C@]2(Cc3cccc(Nc4cc[nH]n4)n3)CC[C@@H](Oc3cccc(C)c3F)CC2)s1. The molecule has 4 aromatic rings. The van der Waals surface area contributed by atoms with Gasteiger partial charge in [0.05, 0.1) is 6.10 Å². The van der Waals surface area contributed by atoms with Gasteiger partial charge in [0.2, 0.25) is 0 Å². The van der Waals surface area contributed by atoms with Gasteiger partial charge < -0.3 is 10.1 Å². The highest BCUT2D eigenvalue weighted by molar-refractivity contribution is 7.11. The number of nitrogens with one attached hydrogen (secondary N) is 2. The Morgan fingerprint density at radius 2 is 1.91 bits per heavy atom. The summed E-state index contributed by atoms with van der Waals surface area (Å²) in [4.78, 5) is 4.84. The number of rotatable bonds is 7. The van der Waals surface area contributed by atoms with Crippen molar-refractivity contribution in [3.05, 3.63) is 75.8 Å². The van der Waals surface area contributed by atoms with E-state index in [1.807, 2.05) is 31.2 Å². The minimum atomic E-state index is -0.274. The summed E-state index contributed by atoms with van der Waals surface area (Å²) in [6.07, 6.45) is 5.87. The van der Waals surface area contributed by atoms with E-state index in [2.05, 4.69) is 31.8 Å². The molecular formula is C25H27FN6OS. The quantitative estimate of drug-likeness (QED) is 0.356. The summed E-state index contributed by atoms with van der Waals surface area (Å²) in [6, 6.07) is 13.1. The zero-order chi connectivity index (χ0) is 23.5. The Hall–Kier alpha value is -3.33. The fourth-order valence-electron chi connectivity index (χ4n) is 4.59. The van der Waals surface area contributed by atoms with Crippen LogP contribution >= 0.6 is 11.3 Å². The Kier molecular flexibility index (Phi) is 6.28. The first kappa shape index (κ1) is 22.5. The van der Waals surface area contributed by atoms with Crippen molar-refractivity contribution in [3.63, 3.8) is 0 Å². The Morgan fingerprint density at radius 3 is 2.65 bits per heavy atom. The van der Waals surface area contributed by atoms with Gasteiger partial charge in [0.1, 0.15) is 15.8 Å². The van der Waals surface area contributed by atoms with Crippen LogP contribution in [0.5, 0.6) is 5.75 Å². The molecule has 176 valence electrons. The van der Waals surface area contributed by atoms with Crippen LogP contribution in [0.4, 0.5) is 16.0 Å². The number of H-pyrrole nitrogens is 1. The highest BCUT2D eigenvalue weighted by Crippen LogP contribution is 2.44. The summed E-state index contributed by atoms with van der Waals surface area (Å²) in [6.45, 7) is 3.74. The molecule has 7 nitrogen and oxygen atoms in total. The molecule has 1 aromatic carbocycles. The number of aryl methyl sites for hydroxylation is 2. The topological polar surface area (TPSA) is 88.6 Å². The van der Waals surface area contributed by atoms with E-state index in [-0.39, 0.29) is 17.3 Å². The van der Waals surface area contributed by atoms with Crippen molar-refractivity contribution in [1.29, 1.82) is 0 Å². The molecule has 5 rings (SSSR count). The van der Waals surface area contributed by atoms with E-state index in [0.717, 1.165) is 59.4 Å². The van der Waals surface area contributed by atoms with E-state index >= 15 is 0 Å². The minimum absolute atomic E-state index is 0.0286. The van der Waals surface area contributed by atoms with Gasteiger partial charge in [0.15, 0.2) is 17.4 Å². The molecule has 0 atom stereocenters. The predicted molar refractivity (Wildman–Crippen MR) is 130 cm³/mol. The summed E-state index contributed by atoms with van der Waals surface area (Å²) < 4.78 is 20.6. The van der Waals surface area contributed by atoms with Crippen LogP contribution in [0.3, 0.4) is 0 Å². The number of ether oxygens (including phenoxy) is 1. The number of hydrogen-bond acceptors (Lipinski definition) is 7. The van der Waals surface area contributed by atoms with Gasteiger partial charge in [-0.15, -0.1) is 21.5 Å². The molecule has 1 fully saturated rings. The van der Waals surface area contributed by atoms with Crippen LogP contribution in [0, 0.1) is 19.7 Å². The molecule has 0 unspecified atom stereocenters. The van der Waals surface area contributed by atoms with E-state index in [9.17, 15) is 4.39 Å². The van der Waals surface area contributed by atoms with Crippen molar-refractivity contribution in [2.75, 3.05) is 5.32 Å². The molecule has 0 radical (unpaired) electrons. The maximum Gasteiger partial charge on any atom is 0.167 e. The average molecular weight is 479 g/mol. The van der Waals surface area contributed by atoms with Crippen molar-refractivity contribution in [2.45, 2.75) is 57.5 Å². The van der Waals surface area contributed by atoms with Crippen LogP contribution in [0.15, 0.2) is 48.7 Å². The molecular weight excluding hydrogens is 451 g/mol. The fourth-order valence-corrected chi connectivity index (χ4v) is 5.52. The van der Waals surface area contributed by atoms with Gasteiger partial charge in [-0.05, 0) is 63.3 Å². The zero-order valence-electron chi connectivity index (χ0n) is 19.2. The number of hydrogen-bond donors (Lipinski definition) is 2.